The van der Waals surface area contributed by atoms with Gasteiger partial charge in [0.15, 0.2) is 0 Å². The van der Waals surface area contributed by atoms with Crippen LogP contribution in [0.5, 0.6) is 5.75 Å². The minimum atomic E-state index is -0.0750. The number of rotatable bonds is 7. The van der Waals surface area contributed by atoms with Crippen molar-refractivity contribution in [3.63, 3.8) is 0 Å². The second kappa shape index (κ2) is 6.76. The van der Waals surface area contributed by atoms with Crippen LogP contribution in [0.4, 0.5) is 0 Å². The van der Waals surface area contributed by atoms with Gasteiger partial charge in [-0.15, -0.1) is 0 Å². The highest BCUT2D eigenvalue weighted by Crippen LogP contribution is 2.12. The third-order valence-corrected chi connectivity index (χ3v) is 3.08. The van der Waals surface area contributed by atoms with E-state index in [9.17, 15) is 0 Å². The van der Waals surface area contributed by atoms with E-state index in [1.807, 2.05) is 12.1 Å². The van der Waals surface area contributed by atoms with Crippen LogP contribution in [-0.4, -0.2) is 37.7 Å². The highest BCUT2D eigenvalue weighted by molar-refractivity contribution is 5.27. The maximum atomic E-state index is 5.98. The summed E-state index contributed by atoms with van der Waals surface area (Å²) in [6.07, 6.45) is 2.08. The Hall–Kier alpha value is -1.06. The summed E-state index contributed by atoms with van der Waals surface area (Å²) in [5.41, 5.74) is 7.25. The summed E-state index contributed by atoms with van der Waals surface area (Å²) < 4.78 is 5.15. The first-order valence-electron chi connectivity index (χ1n) is 6.51. The lowest BCUT2D eigenvalue weighted by Crippen LogP contribution is -2.36. The molecule has 2 N–H and O–H groups in total. The number of ether oxygens (including phenoxy) is 1. The van der Waals surface area contributed by atoms with Gasteiger partial charge in [0.2, 0.25) is 0 Å². The van der Waals surface area contributed by atoms with Crippen LogP contribution in [0, 0.1) is 0 Å². The van der Waals surface area contributed by atoms with Gasteiger partial charge in [-0.25, -0.2) is 0 Å². The zero-order valence-corrected chi connectivity index (χ0v) is 12.1. The highest BCUT2D eigenvalue weighted by atomic mass is 16.5. The van der Waals surface area contributed by atoms with Crippen LogP contribution in [-0.2, 0) is 6.42 Å². The van der Waals surface area contributed by atoms with E-state index < -0.39 is 0 Å². The van der Waals surface area contributed by atoms with Gasteiger partial charge in [-0.2, -0.15) is 0 Å². The van der Waals surface area contributed by atoms with E-state index in [0.29, 0.717) is 0 Å². The Kier molecular flexibility index (Phi) is 5.63. The first-order chi connectivity index (χ1) is 8.40. The van der Waals surface area contributed by atoms with E-state index >= 15 is 0 Å². The molecule has 102 valence electrons. The summed E-state index contributed by atoms with van der Waals surface area (Å²) in [6, 6.07) is 8.27. The molecule has 0 aliphatic heterocycles. The topological polar surface area (TPSA) is 38.5 Å². The molecule has 0 unspecified atom stereocenters. The lowest BCUT2D eigenvalue weighted by atomic mass is 10.0. The van der Waals surface area contributed by atoms with Crippen LogP contribution in [0.2, 0.25) is 0 Å². The van der Waals surface area contributed by atoms with Gasteiger partial charge in [0.25, 0.3) is 0 Å². The van der Waals surface area contributed by atoms with Crippen molar-refractivity contribution in [2.24, 2.45) is 5.73 Å². The quantitative estimate of drug-likeness (QED) is 0.807. The largest absolute Gasteiger partial charge is 0.497 e. The third-order valence-electron chi connectivity index (χ3n) is 3.08. The molecule has 0 saturated carbocycles. The van der Waals surface area contributed by atoms with Crippen LogP contribution < -0.4 is 10.5 Å². The molecular formula is C15H26N2O. The van der Waals surface area contributed by atoms with Gasteiger partial charge >= 0.3 is 0 Å². The molecule has 0 aliphatic carbocycles. The van der Waals surface area contributed by atoms with E-state index in [1.165, 1.54) is 5.56 Å². The summed E-state index contributed by atoms with van der Waals surface area (Å²) >= 11 is 0. The van der Waals surface area contributed by atoms with Crippen molar-refractivity contribution in [3.8, 4) is 5.75 Å². The SMILES string of the molecule is COc1ccc(CCN(C)CCC(C)(C)N)cc1. The first-order valence-corrected chi connectivity index (χ1v) is 6.51. The minimum Gasteiger partial charge on any atom is -0.497 e. The molecule has 0 aromatic heterocycles. The molecule has 0 fully saturated rings. The average molecular weight is 250 g/mol. The summed E-state index contributed by atoms with van der Waals surface area (Å²) in [5.74, 6) is 0.914. The summed E-state index contributed by atoms with van der Waals surface area (Å²) in [5, 5.41) is 0. The van der Waals surface area contributed by atoms with Gasteiger partial charge in [-0.1, -0.05) is 12.1 Å². The molecule has 0 heterocycles. The number of nitrogens with zero attached hydrogens (tertiary/aromatic N) is 1. The number of likely N-dealkylation sites (N-methyl/N-ethyl adjacent to an activating group) is 1. The van der Waals surface area contributed by atoms with E-state index in [1.54, 1.807) is 7.11 Å². The summed E-state index contributed by atoms with van der Waals surface area (Å²) in [4.78, 5) is 2.33. The van der Waals surface area contributed by atoms with Crippen LogP contribution in [0.1, 0.15) is 25.8 Å². The molecule has 1 rings (SSSR count). The Morgan fingerprint density at radius 1 is 1.17 bits per heavy atom. The molecule has 0 atom stereocenters. The smallest absolute Gasteiger partial charge is 0.118 e. The maximum absolute atomic E-state index is 5.98. The van der Waals surface area contributed by atoms with Gasteiger partial charge in [-0.3, -0.25) is 0 Å². The molecule has 0 aliphatic rings. The summed E-state index contributed by atoms with van der Waals surface area (Å²) in [6.45, 7) is 6.25. The molecule has 18 heavy (non-hydrogen) atoms. The lowest BCUT2D eigenvalue weighted by molar-refractivity contribution is 0.298. The fourth-order valence-corrected chi connectivity index (χ4v) is 1.70. The fraction of sp³-hybridized carbons (Fsp3) is 0.600. The monoisotopic (exact) mass is 250 g/mol. The predicted molar refractivity (Wildman–Crippen MR) is 77.1 cm³/mol. The predicted octanol–water partition coefficient (Wildman–Crippen LogP) is 2.30. The first kappa shape index (κ1) is 15.0. The Labute approximate surface area is 111 Å². The van der Waals surface area contributed by atoms with Crippen molar-refractivity contribution in [2.45, 2.75) is 32.2 Å². The zero-order valence-electron chi connectivity index (χ0n) is 12.1. The molecule has 0 spiro atoms. The Bertz CT molecular complexity index is 341. The lowest BCUT2D eigenvalue weighted by Gasteiger charge is -2.23. The van der Waals surface area contributed by atoms with Gasteiger partial charge in [-0.05, 0) is 58.0 Å². The molecule has 1 aromatic carbocycles. The van der Waals surface area contributed by atoms with E-state index in [2.05, 4.69) is 37.9 Å². The molecule has 3 nitrogen and oxygen atoms in total. The van der Waals surface area contributed by atoms with Gasteiger partial charge < -0.3 is 15.4 Å². The molecular weight excluding hydrogens is 224 g/mol. The molecule has 1 aromatic rings. The zero-order chi connectivity index (χ0) is 13.6. The fourth-order valence-electron chi connectivity index (χ4n) is 1.70. The highest BCUT2D eigenvalue weighted by Gasteiger charge is 2.11. The maximum Gasteiger partial charge on any atom is 0.118 e. The second-order valence-electron chi connectivity index (χ2n) is 5.64. The Morgan fingerprint density at radius 2 is 1.78 bits per heavy atom. The molecule has 0 saturated heterocycles. The number of methoxy groups -OCH3 is 1. The van der Waals surface area contributed by atoms with Crippen molar-refractivity contribution in [2.75, 3.05) is 27.2 Å². The molecule has 3 heteroatoms. The molecule has 0 radical (unpaired) electrons. The van der Waals surface area contributed by atoms with Crippen LogP contribution >= 0.6 is 0 Å². The third kappa shape index (κ3) is 6.03. The van der Waals surface area contributed by atoms with E-state index in [4.69, 9.17) is 10.5 Å². The van der Waals surface area contributed by atoms with Crippen LogP contribution in [0.15, 0.2) is 24.3 Å². The van der Waals surface area contributed by atoms with Crippen molar-refractivity contribution in [1.29, 1.82) is 0 Å². The number of benzene rings is 1. The Balaban J connectivity index is 2.31. The minimum absolute atomic E-state index is 0.0750. The standard InChI is InChI=1S/C15H26N2O/c1-15(2,16)10-12-17(3)11-9-13-5-7-14(18-4)8-6-13/h5-8H,9-12,16H2,1-4H3. The van der Waals surface area contributed by atoms with Crippen molar-refractivity contribution >= 4 is 0 Å². The number of hydrogen-bond donors (Lipinski definition) is 1. The van der Waals surface area contributed by atoms with Crippen molar-refractivity contribution < 1.29 is 4.74 Å². The van der Waals surface area contributed by atoms with Crippen LogP contribution in [0.25, 0.3) is 0 Å². The van der Waals surface area contributed by atoms with Gasteiger partial charge in [0.05, 0.1) is 7.11 Å². The van der Waals surface area contributed by atoms with Crippen molar-refractivity contribution in [3.05, 3.63) is 29.8 Å². The molecule has 0 amide bonds. The second-order valence-corrected chi connectivity index (χ2v) is 5.64. The van der Waals surface area contributed by atoms with Crippen molar-refractivity contribution in [1.82, 2.24) is 4.90 Å². The van der Waals surface area contributed by atoms with E-state index in [-0.39, 0.29) is 5.54 Å². The normalized spacial score (nSPS) is 11.9. The molecule has 0 bridgehead atoms. The number of hydrogen-bond acceptors (Lipinski definition) is 3. The number of nitrogens with two attached hydrogens (primary N) is 1. The van der Waals surface area contributed by atoms with Crippen LogP contribution in [0.3, 0.4) is 0 Å². The average Bonchev–Trinajstić information content (AvgIpc) is 2.33. The van der Waals surface area contributed by atoms with Gasteiger partial charge in [0, 0.05) is 12.1 Å². The van der Waals surface area contributed by atoms with Gasteiger partial charge in [0.1, 0.15) is 5.75 Å². The van der Waals surface area contributed by atoms with E-state index in [0.717, 1.165) is 31.7 Å². The Morgan fingerprint density at radius 3 is 2.28 bits per heavy atom. The summed E-state index contributed by atoms with van der Waals surface area (Å²) in [7, 11) is 3.84.